The number of benzene rings is 1. The van der Waals surface area contributed by atoms with Crippen LogP contribution in [0.2, 0.25) is 0 Å². The zero-order valence-corrected chi connectivity index (χ0v) is 29.0. The second-order valence-corrected chi connectivity index (χ2v) is 13.8. The summed E-state index contributed by atoms with van der Waals surface area (Å²) in [4.78, 5) is 55.1. The van der Waals surface area contributed by atoms with E-state index in [1.165, 1.54) is 23.5 Å². The number of hydrazine groups is 1. The third-order valence-corrected chi connectivity index (χ3v) is 10.8. The fourth-order valence-corrected chi connectivity index (χ4v) is 7.90. The van der Waals surface area contributed by atoms with E-state index in [4.69, 9.17) is 9.47 Å². The lowest BCUT2D eigenvalue weighted by molar-refractivity contribution is -0.147. The molecule has 8 nitrogen and oxygen atoms in total. The highest BCUT2D eigenvalue weighted by atomic mass is 32.2. The summed E-state index contributed by atoms with van der Waals surface area (Å²) in [5.41, 5.74) is 0.127. The summed E-state index contributed by atoms with van der Waals surface area (Å²) in [7, 11) is 0. The van der Waals surface area contributed by atoms with E-state index in [1.807, 2.05) is 13.8 Å². The number of thioether (sulfide) groups is 2. The molecule has 0 bridgehead atoms. The summed E-state index contributed by atoms with van der Waals surface area (Å²) < 4.78 is 12.5. The summed E-state index contributed by atoms with van der Waals surface area (Å²) in [6.07, 6.45) is 10.1. The van der Waals surface area contributed by atoms with E-state index in [0.29, 0.717) is 51.5 Å². The number of rotatable bonds is 18. The molecule has 0 N–H and O–H groups in total. The second kappa shape index (κ2) is 17.9. The van der Waals surface area contributed by atoms with Gasteiger partial charge in [-0.15, -0.1) is 0 Å². The van der Waals surface area contributed by atoms with Gasteiger partial charge in [0.15, 0.2) is 0 Å². The molecule has 0 saturated carbocycles. The van der Waals surface area contributed by atoms with Crippen LogP contribution < -0.4 is 9.47 Å². The minimum absolute atomic E-state index is 0.127. The average Bonchev–Trinajstić information content (AvgIpc) is 3.55. The predicted molar refractivity (Wildman–Crippen MR) is 176 cm³/mol. The Morgan fingerprint density at radius 2 is 1.05 bits per heavy atom. The molecule has 1 aromatic rings. The van der Waals surface area contributed by atoms with Gasteiger partial charge >= 0.3 is 11.9 Å². The minimum atomic E-state index is -0.310. The van der Waals surface area contributed by atoms with E-state index in [0.717, 1.165) is 64.2 Å². The molecule has 0 radical (unpaired) electrons. The van der Waals surface area contributed by atoms with E-state index in [2.05, 4.69) is 27.7 Å². The first-order valence-electron chi connectivity index (χ1n) is 16.6. The molecule has 0 aromatic heterocycles. The summed E-state index contributed by atoms with van der Waals surface area (Å²) in [6, 6.07) is 3.33. The van der Waals surface area contributed by atoms with Crippen molar-refractivity contribution in [2.24, 2.45) is 11.8 Å². The smallest absolute Gasteiger partial charge is 0.314 e. The highest BCUT2D eigenvalue weighted by molar-refractivity contribution is 8.25. The highest BCUT2D eigenvalue weighted by Gasteiger charge is 2.44. The number of fused-ring (bicyclic) bond motifs is 1. The molecule has 1 saturated heterocycles. The van der Waals surface area contributed by atoms with Gasteiger partial charge in [0.05, 0.1) is 25.9 Å². The van der Waals surface area contributed by atoms with Gasteiger partial charge in [0.1, 0.15) is 17.1 Å². The van der Waals surface area contributed by atoms with Gasteiger partial charge < -0.3 is 9.47 Å². The van der Waals surface area contributed by atoms with Gasteiger partial charge in [-0.25, -0.2) is 10.0 Å². The Morgan fingerprint density at radius 1 is 0.659 bits per heavy atom. The van der Waals surface area contributed by atoms with Crippen molar-refractivity contribution in [1.29, 1.82) is 0 Å². The maximum Gasteiger partial charge on any atom is 0.314 e. The molecule has 1 aromatic carbocycles. The van der Waals surface area contributed by atoms with Crippen LogP contribution in [0.5, 0.6) is 11.5 Å². The zero-order chi connectivity index (χ0) is 32.2. The fraction of sp³-hybridized carbons (Fsp3) is 0.647. The topological polar surface area (TPSA) is 93.2 Å². The summed E-state index contributed by atoms with van der Waals surface area (Å²) in [5, 5.41) is 3.16. The zero-order valence-electron chi connectivity index (χ0n) is 27.4. The minimum Gasteiger partial charge on any atom is -0.425 e. The Morgan fingerprint density at radius 3 is 1.39 bits per heavy atom. The molecule has 2 aliphatic heterocycles. The second-order valence-electron chi connectivity index (χ2n) is 11.5. The Hall–Kier alpha value is -2.46. The molecule has 1 fully saturated rings. The van der Waals surface area contributed by atoms with Crippen LogP contribution in [0.15, 0.2) is 31.7 Å². The van der Waals surface area contributed by atoms with Crippen LogP contribution in [-0.2, 0) is 19.2 Å². The van der Waals surface area contributed by atoms with Crippen molar-refractivity contribution in [2.45, 2.75) is 128 Å². The SMILES string of the molecule is CCCCC(CC)C(=O)Oc1ccc(OC(=O)C(CC)CCCC)c2c1SC(=C1C(=O)N(CCCC)N(CCCC)C1=O)S2. The molecule has 3 rings (SSSR count). The molecule has 0 aliphatic carbocycles. The van der Waals surface area contributed by atoms with Crippen molar-refractivity contribution < 1.29 is 28.7 Å². The van der Waals surface area contributed by atoms with Crippen LogP contribution >= 0.6 is 23.5 Å². The van der Waals surface area contributed by atoms with Crippen molar-refractivity contribution in [3.63, 3.8) is 0 Å². The molecular weight excluding hydrogens is 597 g/mol. The van der Waals surface area contributed by atoms with E-state index in [-0.39, 0.29) is 41.2 Å². The first kappa shape index (κ1) is 36.0. The third kappa shape index (κ3) is 8.62. The quantitative estimate of drug-likeness (QED) is 0.0678. The highest BCUT2D eigenvalue weighted by Crippen LogP contribution is 2.59. The molecule has 10 heteroatoms. The molecule has 244 valence electrons. The maximum atomic E-state index is 13.7. The standard InChI is InChI=1S/C34H50N2O6S2/c1-7-13-17-23(11-5)32(39)41-25-19-20-26(42-33(40)24(12-6)18-14-8-2)29-28(25)43-34(44-29)27-30(37)35(21-15-9-3)36(31(27)38)22-16-10-4/h19-20,23-24H,7-18,21-22H2,1-6H3. The van der Waals surface area contributed by atoms with Crippen LogP contribution in [0.3, 0.4) is 0 Å². The Kier molecular flexibility index (Phi) is 14.6. The van der Waals surface area contributed by atoms with Crippen LogP contribution in [0.25, 0.3) is 0 Å². The number of amides is 2. The maximum absolute atomic E-state index is 13.7. The van der Waals surface area contributed by atoms with Crippen LogP contribution in [-0.4, -0.2) is 46.9 Å². The monoisotopic (exact) mass is 646 g/mol. The molecular formula is C34H50N2O6S2. The number of nitrogens with zero attached hydrogens (tertiary/aromatic N) is 2. The van der Waals surface area contributed by atoms with Crippen molar-refractivity contribution in [1.82, 2.24) is 10.0 Å². The lowest BCUT2D eigenvalue weighted by atomic mass is 10.00. The van der Waals surface area contributed by atoms with E-state index in [9.17, 15) is 19.2 Å². The lowest BCUT2D eigenvalue weighted by Gasteiger charge is -2.27. The van der Waals surface area contributed by atoms with Gasteiger partial charge in [-0.2, -0.15) is 0 Å². The Labute approximate surface area is 272 Å². The average molecular weight is 647 g/mol. The lowest BCUT2D eigenvalue weighted by Crippen LogP contribution is -2.42. The van der Waals surface area contributed by atoms with Gasteiger partial charge in [0, 0.05) is 13.1 Å². The van der Waals surface area contributed by atoms with Gasteiger partial charge in [0.25, 0.3) is 11.8 Å². The first-order chi connectivity index (χ1) is 21.3. The largest absolute Gasteiger partial charge is 0.425 e. The van der Waals surface area contributed by atoms with Crippen LogP contribution in [0.4, 0.5) is 0 Å². The molecule has 0 spiro atoms. The number of carbonyl (C=O) groups excluding carboxylic acids is 4. The number of carbonyl (C=O) groups is 4. The first-order valence-corrected chi connectivity index (χ1v) is 18.2. The number of ether oxygens (including phenoxy) is 2. The van der Waals surface area contributed by atoms with Crippen LogP contribution in [0.1, 0.15) is 119 Å². The molecule has 2 aliphatic rings. The van der Waals surface area contributed by atoms with Gasteiger partial charge in [0.2, 0.25) is 0 Å². The summed E-state index contributed by atoms with van der Waals surface area (Å²) >= 11 is 2.49. The Bertz CT molecular complexity index is 1130. The fourth-order valence-electron chi connectivity index (χ4n) is 5.25. The number of hydrogen-bond acceptors (Lipinski definition) is 8. The van der Waals surface area contributed by atoms with Crippen molar-refractivity contribution in [2.75, 3.05) is 13.1 Å². The molecule has 44 heavy (non-hydrogen) atoms. The molecule has 2 amide bonds. The van der Waals surface area contributed by atoms with E-state index < -0.39 is 0 Å². The van der Waals surface area contributed by atoms with Gasteiger partial charge in [-0.1, -0.05) is 104 Å². The van der Waals surface area contributed by atoms with E-state index in [1.54, 1.807) is 22.2 Å². The predicted octanol–water partition coefficient (Wildman–Crippen LogP) is 8.53. The molecule has 2 heterocycles. The summed E-state index contributed by atoms with van der Waals surface area (Å²) in [5.74, 6) is -0.943. The Balaban J connectivity index is 2.02. The van der Waals surface area contributed by atoms with E-state index >= 15 is 0 Å². The van der Waals surface area contributed by atoms with Crippen molar-refractivity contribution >= 4 is 47.3 Å². The third-order valence-electron chi connectivity index (χ3n) is 8.15. The van der Waals surface area contributed by atoms with Crippen LogP contribution in [0, 0.1) is 11.8 Å². The van der Waals surface area contributed by atoms with Gasteiger partial charge in [-0.05, 0) is 50.7 Å². The van der Waals surface area contributed by atoms with Crippen molar-refractivity contribution in [3.8, 4) is 11.5 Å². The molecule has 2 unspecified atom stereocenters. The normalized spacial score (nSPS) is 16.0. The summed E-state index contributed by atoms with van der Waals surface area (Å²) in [6.45, 7) is 13.2. The van der Waals surface area contributed by atoms with Gasteiger partial charge in [-0.3, -0.25) is 19.2 Å². The number of hydrogen-bond donors (Lipinski definition) is 0. The van der Waals surface area contributed by atoms with Crippen molar-refractivity contribution in [3.05, 3.63) is 21.9 Å². The molecule has 2 atom stereocenters. The number of unbranched alkanes of at least 4 members (excludes halogenated alkanes) is 4. The number of esters is 2.